The van der Waals surface area contributed by atoms with Crippen molar-refractivity contribution in [1.82, 2.24) is 24.9 Å². The summed E-state index contributed by atoms with van der Waals surface area (Å²) in [4.78, 5) is 6.70. The summed E-state index contributed by atoms with van der Waals surface area (Å²) >= 11 is 0. The van der Waals surface area contributed by atoms with Crippen molar-refractivity contribution in [1.29, 1.82) is 0 Å². The molecule has 1 aliphatic heterocycles. The SMILES string of the molecule is CC(C)c1nc(N2CCc3nnc(CCc4ccccc4)n3CC2)no1. The summed E-state index contributed by atoms with van der Waals surface area (Å²) < 4.78 is 7.61. The number of aryl methyl sites for hydroxylation is 2. The van der Waals surface area contributed by atoms with Gasteiger partial charge in [-0.3, -0.25) is 0 Å². The average molecular weight is 352 g/mol. The summed E-state index contributed by atoms with van der Waals surface area (Å²) in [6.45, 7) is 6.62. The first-order chi connectivity index (χ1) is 12.7. The van der Waals surface area contributed by atoms with E-state index in [0.717, 1.165) is 50.5 Å². The molecule has 3 heterocycles. The van der Waals surface area contributed by atoms with E-state index in [0.29, 0.717) is 11.8 Å². The van der Waals surface area contributed by atoms with Crippen LogP contribution in [0.1, 0.15) is 42.9 Å². The molecule has 7 nitrogen and oxygen atoms in total. The van der Waals surface area contributed by atoms with E-state index in [-0.39, 0.29) is 5.92 Å². The fraction of sp³-hybridized carbons (Fsp3) is 0.474. The molecule has 2 aromatic heterocycles. The Hall–Kier alpha value is -2.70. The van der Waals surface area contributed by atoms with Gasteiger partial charge in [-0.1, -0.05) is 44.2 Å². The Balaban J connectivity index is 1.44. The zero-order valence-electron chi connectivity index (χ0n) is 15.3. The Morgan fingerprint density at radius 2 is 1.88 bits per heavy atom. The third-order valence-electron chi connectivity index (χ3n) is 4.79. The van der Waals surface area contributed by atoms with Gasteiger partial charge >= 0.3 is 0 Å². The van der Waals surface area contributed by atoms with Gasteiger partial charge in [0.15, 0.2) is 0 Å². The molecule has 0 fully saturated rings. The second-order valence-corrected chi connectivity index (χ2v) is 6.99. The van der Waals surface area contributed by atoms with Crippen molar-refractivity contribution in [2.75, 3.05) is 18.0 Å². The molecule has 0 spiro atoms. The van der Waals surface area contributed by atoms with Gasteiger partial charge in [0.05, 0.1) is 0 Å². The van der Waals surface area contributed by atoms with Crippen molar-refractivity contribution in [2.24, 2.45) is 0 Å². The molecule has 0 bridgehead atoms. The summed E-state index contributed by atoms with van der Waals surface area (Å²) in [6, 6.07) is 10.5. The van der Waals surface area contributed by atoms with Crippen molar-refractivity contribution in [3.63, 3.8) is 0 Å². The summed E-state index contributed by atoms with van der Waals surface area (Å²) in [5.41, 5.74) is 1.33. The number of anilines is 1. The summed E-state index contributed by atoms with van der Waals surface area (Å²) in [6.07, 6.45) is 2.71. The molecule has 7 heteroatoms. The molecule has 0 saturated heterocycles. The molecular formula is C19H24N6O. The van der Waals surface area contributed by atoms with E-state index >= 15 is 0 Å². The topological polar surface area (TPSA) is 72.9 Å². The fourth-order valence-corrected chi connectivity index (χ4v) is 3.26. The second kappa shape index (κ2) is 7.27. The lowest BCUT2D eigenvalue weighted by Gasteiger charge is -2.17. The van der Waals surface area contributed by atoms with Gasteiger partial charge in [0.2, 0.25) is 5.89 Å². The molecule has 0 unspecified atom stereocenters. The highest BCUT2D eigenvalue weighted by atomic mass is 16.5. The van der Waals surface area contributed by atoms with Crippen LogP contribution in [0.5, 0.6) is 0 Å². The second-order valence-electron chi connectivity index (χ2n) is 6.99. The van der Waals surface area contributed by atoms with E-state index in [4.69, 9.17) is 4.52 Å². The fourth-order valence-electron chi connectivity index (χ4n) is 3.26. The van der Waals surface area contributed by atoms with Gasteiger partial charge in [-0.05, 0) is 17.1 Å². The first-order valence-corrected chi connectivity index (χ1v) is 9.24. The van der Waals surface area contributed by atoms with Crippen molar-refractivity contribution in [3.8, 4) is 0 Å². The molecule has 1 aromatic carbocycles. The molecule has 0 amide bonds. The minimum atomic E-state index is 0.243. The summed E-state index contributed by atoms with van der Waals surface area (Å²) in [5, 5.41) is 13.0. The molecule has 0 N–H and O–H groups in total. The molecule has 4 rings (SSSR count). The molecular weight excluding hydrogens is 328 g/mol. The largest absolute Gasteiger partial charge is 0.337 e. The molecule has 1 aliphatic rings. The van der Waals surface area contributed by atoms with Crippen LogP contribution in [0.3, 0.4) is 0 Å². The lowest BCUT2D eigenvalue weighted by molar-refractivity contribution is 0.364. The molecule has 0 radical (unpaired) electrons. The highest BCUT2D eigenvalue weighted by Gasteiger charge is 2.22. The third kappa shape index (κ3) is 3.47. The van der Waals surface area contributed by atoms with Gasteiger partial charge in [-0.25, -0.2) is 0 Å². The van der Waals surface area contributed by atoms with Gasteiger partial charge in [0.1, 0.15) is 11.6 Å². The highest BCUT2D eigenvalue weighted by Crippen LogP contribution is 2.19. The van der Waals surface area contributed by atoms with Gasteiger partial charge < -0.3 is 14.0 Å². The maximum absolute atomic E-state index is 5.35. The van der Waals surface area contributed by atoms with Gasteiger partial charge in [0, 0.05) is 38.4 Å². The number of hydrogen-bond acceptors (Lipinski definition) is 6. The van der Waals surface area contributed by atoms with E-state index in [9.17, 15) is 0 Å². The van der Waals surface area contributed by atoms with Crippen LogP contribution < -0.4 is 4.90 Å². The first kappa shape index (κ1) is 16.8. The van der Waals surface area contributed by atoms with E-state index in [2.05, 4.69) is 67.9 Å². The van der Waals surface area contributed by atoms with Crippen LogP contribution in [0.2, 0.25) is 0 Å². The molecule has 26 heavy (non-hydrogen) atoms. The highest BCUT2D eigenvalue weighted by molar-refractivity contribution is 5.29. The smallest absolute Gasteiger partial charge is 0.266 e. The molecule has 136 valence electrons. The quantitative estimate of drug-likeness (QED) is 0.703. The lowest BCUT2D eigenvalue weighted by Crippen LogP contribution is -2.28. The van der Waals surface area contributed by atoms with Crippen molar-refractivity contribution in [2.45, 2.75) is 45.6 Å². The zero-order valence-corrected chi connectivity index (χ0v) is 15.3. The molecule has 0 saturated carbocycles. The Morgan fingerprint density at radius 1 is 1.04 bits per heavy atom. The van der Waals surface area contributed by atoms with Gasteiger partial charge in [0.25, 0.3) is 5.95 Å². The predicted octanol–water partition coefficient (Wildman–Crippen LogP) is 2.63. The number of benzene rings is 1. The predicted molar refractivity (Wildman–Crippen MR) is 98.2 cm³/mol. The minimum Gasteiger partial charge on any atom is -0.337 e. The standard InChI is InChI=1S/C19H24N6O/c1-14(2)18-20-19(23-26-18)24-11-10-17-22-21-16(25(17)13-12-24)9-8-15-6-4-3-5-7-15/h3-7,14H,8-13H2,1-2H3. The number of aromatic nitrogens is 5. The van der Waals surface area contributed by atoms with Crippen LogP contribution >= 0.6 is 0 Å². The Bertz CT molecular complexity index is 854. The van der Waals surface area contributed by atoms with Crippen molar-refractivity contribution in [3.05, 3.63) is 53.4 Å². The van der Waals surface area contributed by atoms with Gasteiger partial charge in [-0.15, -0.1) is 10.2 Å². The van der Waals surface area contributed by atoms with Crippen LogP contribution in [0, 0.1) is 0 Å². The Kier molecular flexibility index (Phi) is 4.69. The van der Waals surface area contributed by atoms with Crippen LogP contribution in [-0.2, 0) is 25.8 Å². The summed E-state index contributed by atoms with van der Waals surface area (Å²) in [7, 11) is 0. The van der Waals surface area contributed by atoms with Crippen LogP contribution in [-0.4, -0.2) is 38.0 Å². The van der Waals surface area contributed by atoms with Crippen LogP contribution in [0.25, 0.3) is 0 Å². The van der Waals surface area contributed by atoms with E-state index < -0.39 is 0 Å². The van der Waals surface area contributed by atoms with Crippen LogP contribution in [0.15, 0.2) is 34.9 Å². The molecule has 0 aliphatic carbocycles. The Morgan fingerprint density at radius 3 is 2.65 bits per heavy atom. The number of fused-ring (bicyclic) bond motifs is 1. The molecule has 3 aromatic rings. The van der Waals surface area contributed by atoms with Crippen molar-refractivity contribution >= 4 is 5.95 Å². The zero-order chi connectivity index (χ0) is 17.9. The maximum Gasteiger partial charge on any atom is 0.266 e. The first-order valence-electron chi connectivity index (χ1n) is 9.24. The Labute approximate surface area is 153 Å². The van der Waals surface area contributed by atoms with E-state index in [1.54, 1.807) is 0 Å². The minimum absolute atomic E-state index is 0.243. The summed E-state index contributed by atoms with van der Waals surface area (Å²) in [5.74, 6) is 3.71. The third-order valence-corrected chi connectivity index (χ3v) is 4.79. The van der Waals surface area contributed by atoms with E-state index in [1.807, 2.05) is 6.07 Å². The maximum atomic E-state index is 5.35. The number of nitrogens with zero attached hydrogens (tertiary/aromatic N) is 6. The lowest BCUT2D eigenvalue weighted by atomic mass is 10.1. The van der Waals surface area contributed by atoms with E-state index in [1.165, 1.54) is 5.56 Å². The van der Waals surface area contributed by atoms with Crippen LogP contribution in [0.4, 0.5) is 5.95 Å². The molecule has 0 atom stereocenters. The number of hydrogen-bond donors (Lipinski definition) is 0. The monoisotopic (exact) mass is 352 g/mol. The average Bonchev–Trinajstić information content (AvgIpc) is 3.24. The van der Waals surface area contributed by atoms with Crippen molar-refractivity contribution < 1.29 is 4.52 Å². The normalized spacial score (nSPS) is 14.5. The number of rotatable bonds is 5. The van der Waals surface area contributed by atoms with Gasteiger partial charge in [-0.2, -0.15) is 4.98 Å².